The summed E-state index contributed by atoms with van der Waals surface area (Å²) < 4.78 is 6.60. The molecule has 0 saturated heterocycles. The van der Waals surface area contributed by atoms with Crippen molar-refractivity contribution >= 4 is 17.1 Å². The van der Waals surface area contributed by atoms with Gasteiger partial charge in [-0.25, -0.2) is 0 Å². The molecule has 3 heteroatoms. The molecule has 0 aromatic heterocycles. The van der Waals surface area contributed by atoms with Crippen LogP contribution in [0.5, 0.6) is 0 Å². The van der Waals surface area contributed by atoms with Crippen molar-refractivity contribution in [1.29, 1.82) is 0 Å². The molecule has 0 heterocycles. The molecule has 1 nitrogen and oxygen atoms in total. The Morgan fingerprint density at radius 3 is 2.31 bits per heavy atom. The third kappa shape index (κ3) is 2.96. The van der Waals surface area contributed by atoms with Crippen molar-refractivity contribution in [3.8, 4) is 0 Å². The van der Waals surface area contributed by atoms with Crippen molar-refractivity contribution in [2.45, 2.75) is 57.7 Å². The molecule has 1 unspecified atom stereocenters. The molecule has 92 valence electrons. The third-order valence-electron chi connectivity index (χ3n) is 3.21. The Bertz CT molecular complexity index is 300. The van der Waals surface area contributed by atoms with Gasteiger partial charge in [-0.15, -0.1) is 0 Å². The number of hydrogen-bond donors (Lipinski definition) is 0. The van der Waals surface area contributed by atoms with Gasteiger partial charge in [0, 0.05) is 0 Å². The summed E-state index contributed by atoms with van der Waals surface area (Å²) >= 11 is 0. The average Bonchev–Trinajstić information content (AvgIpc) is 2.65. The van der Waals surface area contributed by atoms with Crippen LogP contribution in [0.25, 0.3) is 0 Å². The fourth-order valence-corrected chi connectivity index (χ4v) is 7.57. The molecule has 0 amide bonds. The summed E-state index contributed by atoms with van der Waals surface area (Å²) in [6.07, 6.45) is 9.11. The lowest BCUT2D eigenvalue weighted by molar-refractivity contribution is 0.177. The van der Waals surface area contributed by atoms with Gasteiger partial charge in [0.1, 0.15) is 0 Å². The van der Waals surface area contributed by atoms with Crippen LogP contribution in [0.15, 0.2) is 23.8 Å². The van der Waals surface area contributed by atoms with Crippen molar-refractivity contribution in [1.82, 2.24) is 0 Å². The second kappa shape index (κ2) is 5.02. The van der Waals surface area contributed by atoms with Crippen LogP contribution in [0, 0.1) is 0 Å². The van der Waals surface area contributed by atoms with Gasteiger partial charge in [-0.05, 0) is 38.1 Å². The second-order valence-corrected chi connectivity index (χ2v) is 13.6. The van der Waals surface area contributed by atoms with Gasteiger partial charge < -0.3 is 4.43 Å². The zero-order chi connectivity index (χ0) is 12.4. The van der Waals surface area contributed by atoms with E-state index in [9.17, 15) is 0 Å². The molecule has 1 aliphatic rings. The third-order valence-corrected chi connectivity index (χ3v) is 7.14. The van der Waals surface area contributed by atoms with E-state index in [1.807, 2.05) is 0 Å². The summed E-state index contributed by atoms with van der Waals surface area (Å²) in [6.45, 7) is 14.0. The fraction of sp³-hybridized carbons (Fsp3) is 0.692. The summed E-state index contributed by atoms with van der Waals surface area (Å²) in [6, 6.07) is 0. The van der Waals surface area contributed by atoms with Crippen LogP contribution in [0.2, 0.25) is 32.7 Å². The Morgan fingerprint density at radius 1 is 1.38 bits per heavy atom. The summed E-state index contributed by atoms with van der Waals surface area (Å²) in [5, 5.41) is 0.0808. The van der Waals surface area contributed by atoms with Gasteiger partial charge in [-0.1, -0.05) is 38.2 Å². The molecule has 0 bridgehead atoms. The maximum absolute atomic E-state index is 6.60. The van der Waals surface area contributed by atoms with Crippen LogP contribution in [0.1, 0.15) is 19.8 Å². The average molecular weight is 255 g/mol. The van der Waals surface area contributed by atoms with Crippen LogP contribution >= 0.6 is 0 Å². The number of allylic oxidation sites excluding steroid dienone is 2. The Morgan fingerprint density at radius 2 is 2.00 bits per heavy atom. The van der Waals surface area contributed by atoms with E-state index in [1.165, 1.54) is 5.57 Å². The monoisotopic (exact) mass is 254 g/mol. The molecule has 0 aromatic rings. The van der Waals surface area contributed by atoms with Gasteiger partial charge in [0.15, 0.2) is 8.32 Å². The summed E-state index contributed by atoms with van der Waals surface area (Å²) in [5.74, 6) is 0. The number of rotatable bonds is 5. The van der Waals surface area contributed by atoms with Crippen molar-refractivity contribution in [3.63, 3.8) is 0 Å². The molecule has 1 rings (SSSR count). The highest BCUT2D eigenvalue weighted by Crippen LogP contribution is 2.35. The van der Waals surface area contributed by atoms with Crippen molar-refractivity contribution in [3.05, 3.63) is 23.8 Å². The van der Waals surface area contributed by atoms with Crippen LogP contribution in [0.4, 0.5) is 0 Å². The molecule has 0 saturated carbocycles. The van der Waals surface area contributed by atoms with Crippen LogP contribution in [0.3, 0.4) is 0 Å². The van der Waals surface area contributed by atoms with Gasteiger partial charge in [0.2, 0.25) is 0 Å². The van der Waals surface area contributed by atoms with E-state index in [1.54, 1.807) is 0 Å². The Labute approximate surface area is 103 Å². The topological polar surface area (TPSA) is 9.23 Å². The van der Waals surface area contributed by atoms with E-state index in [-0.39, 0.29) is 5.22 Å². The predicted molar refractivity (Wildman–Crippen MR) is 78.2 cm³/mol. The SMILES string of the molecule is CCC(O[Si](C)(C)C)(C1=CCC=C1)[SiH](C)C. The van der Waals surface area contributed by atoms with E-state index in [4.69, 9.17) is 4.43 Å². The quantitative estimate of drug-likeness (QED) is 0.676. The van der Waals surface area contributed by atoms with E-state index >= 15 is 0 Å². The Kier molecular flexibility index (Phi) is 4.38. The van der Waals surface area contributed by atoms with Crippen molar-refractivity contribution in [2.75, 3.05) is 0 Å². The Balaban J connectivity index is 3.05. The molecule has 0 N–H and O–H groups in total. The normalized spacial score (nSPS) is 20.1. The molecule has 1 aliphatic carbocycles. The summed E-state index contributed by atoms with van der Waals surface area (Å²) in [4.78, 5) is 0. The molecule has 0 aliphatic heterocycles. The molecule has 0 fully saturated rings. The number of hydrogen-bond acceptors (Lipinski definition) is 1. The minimum Gasteiger partial charge on any atom is -0.411 e. The van der Waals surface area contributed by atoms with Crippen LogP contribution < -0.4 is 0 Å². The highest BCUT2D eigenvalue weighted by Gasteiger charge is 2.40. The first-order chi connectivity index (χ1) is 7.32. The first-order valence-corrected chi connectivity index (χ1v) is 12.7. The maximum atomic E-state index is 6.60. The van der Waals surface area contributed by atoms with E-state index in [0.29, 0.717) is 0 Å². The highest BCUT2D eigenvalue weighted by atomic mass is 28.4. The first kappa shape index (κ1) is 13.9. The molecule has 1 atom stereocenters. The lowest BCUT2D eigenvalue weighted by Gasteiger charge is -2.42. The molecule has 0 spiro atoms. The van der Waals surface area contributed by atoms with E-state index in [2.05, 4.69) is 57.9 Å². The molecule has 0 aromatic carbocycles. The van der Waals surface area contributed by atoms with Gasteiger partial charge in [-0.3, -0.25) is 0 Å². The highest BCUT2D eigenvalue weighted by molar-refractivity contribution is 6.71. The lowest BCUT2D eigenvalue weighted by Crippen LogP contribution is -2.51. The van der Waals surface area contributed by atoms with E-state index in [0.717, 1.165) is 12.8 Å². The molecular weight excluding hydrogens is 228 g/mol. The van der Waals surface area contributed by atoms with Gasteiger partial charge in [0.25, 0.3) is 0 Å². The minimum absolute atomic E-state index is 0.0808. The molecule has 16 heavy (non-hydrogen) atoms. The standard InChI is InChI=1S/C13H26OSi2/c1-7-13(15(2)3,14-16(4,5)6)12-10-8-9-11-12/h8,10-11,15H,7,9H2,1-6H3. The molecular formula is C13H26OSi2. The molecule has 0 radical (unpaired) electrons. The van der Waals surface area contributed by atoms with Crippen LogP contribution in [-0.2, 0) is 4.43 Å². The van der Waals surface area contributed by atoms with E-state index < -0.39 is 17.1 Å². The van der Waals surface area contributed by atoms with Crippen molar-refractivity contribution < 1.29 is 4.43 Å². The maximum Gasteiger partial charge on any atom is 0.184 e. The largest absolute Gasteiger partial charge is 0.411 e. The minimum atomic E-state index is -1.48. The van der Waals surface area contributed by atoms with Crippen LogP contribution in [-0.4, -0.2) is 22.3 Å². The second-order valence-electron chi connectivity index (χ2n) is 5.91. The van der Waals surface area contributed by atoms with Crippen molar-refractivity contribution in [2.24, 2.45) is 0 Å². The first-order valence-electron chi connectivity index (χ1n) is 6.39. The Hall–Kier alpha value is -0.126. The van der Waals surface area contributed by atoms with Gasteiger partial charge in [-0.2, -0.15) is 0 Å². The summed E-state index contributed by atoms with van der Waals surface area (Å²) in [5.41, 5.74) is 1.46. The van der Waals surface area contributed by atoms with Gasteiger partial charge in [0.05, 0.1) is 14.0 Å². The smallest absolute Gasteiger partial charge is 0.184 e. The van der Waals surface area contributed by atoms with Gasteiger partial charge >= 0.3 is 0 Å². The zero-order valence-corrected chi connectivity index (χ0v) is 13.8. The predicted octanol–water partition coefficient (Wildman–Crippen LogP) is 3.90. The fourth-order valence-electron chi connectivity index (χ4n) is 2.51. The zero-order valence-electron chi connectivity index (χ0n) is 11.6. The lowest BCUT2D eigenvalue weighted by atomic mass is 10.1. The summed E-state index contributed by atoms with van der Waals surface area (Å²) in [7, 11) is -2.37.